The van der Waals surface area contributed by atoms with Crippen LogP contribution in [0.15, 0.2) is 24.3 Å². The molecule has 0 bridgehead atoms. The molecule has 6 heteroatoms. The molecule has 0 spiro atoms. The number of aromatic nitrogens is 3. The molecule has 1 heterocycles. The number of rotatable bonds is 5. The van der Waals surface area contributed by atoms with Crippen molar-refractivity contribution in [2.24, 2.45) is 0 Å². The van der Waals surface area contributed by atoms with Gasteiger partial charge in [0.25, 0.3) is 0 Å². The number of anilines is 3. The van der Waals surface area contributed by atoms with E-state index in [1.165, 1.54) is 11.1 Å². The summed E-state index contributed by atoms with van der Waals surface area (Å²) in [6.45, 7) is 2.84. The molecule has 0 atom stereocenters. The van der Waals surface area contributed by atoms with Gasteiger partial charge in [0.15, 0.2) is 0 Å². The van der Waals surface area contributed by atoms with Crippen LogP contribution in [-0.4, -0.2) is 43.1 Å². The van der Waals surface area contributed by atoms with Crippen molar-refractivity contribution in [1.82, 2.24) is 15.0 Å². The van der Waals surface area contributed by atoms with Crippen LogP contribution < -0.4 is 15.1 Å². The average Bonchev–Trinajstić information content (AvgIpc) is 2.46. The highest BCUT2D eigenvalue weighted by molar-refractivity contribution is 5.44. The van der Waals surface area contributed by atoms with Crippen molar-refractivity contribution in [2.45, 2.75) is 13.5 Å². The van der Waals surface area contributed by atoms with Gasteiger partial charge in [-0.3, -0.25) is 0 Å². The molecule has 112 valence electrons. The van der Waals surface area contributed by atoms with Crippen LogP contribution in [0.1, 0.15) is 11.1 Å². The van der Waals surface area contributed by atoms with Gasteiger partial charge in [0, 0.05) is 34.7 Å². The summed E-state index contributed by atoms with van der Waals surface area (Å²) in [5, 5.41) is 2.97. The van der Waals surface area contributed by atoms with Crippen LogP contribution in [0.25, 0.3) is 0 Å². The minimum Gasteiger partial charge on any atom is -0.357 e. The van der Waals surface area contributed by atoms with Gasteiger partial charge in [-0.25, -0.2) is 0 Å². The Hall–Kier alpha value is -2.37. The first-order valence-electron chi connectivity index (χ1n) is 6.87. The molecule has 0 aliphatic carbocycles. The smallest absolute Gasteiger partial charge is 0.232 e. The van der Waals surface area contributed by atoms with E-state index >= 15 is 0 Å². The second-order valence-electron chi connectivity index (χ2n) is 5.25. The Morgan fingerprint density at radius 3 is 2.38 bits per heavy atom. The third-order valence-electron chi connectivity index (χ3n) is 3.08. The molecule has 2 rings (SSSR count). The lowest BCUT2D eigenvalue weighted by Gasteiger charge is -2.20. The number of hydrogen-bond donors (Lipinski definition) is 1. The molecule has 0 amide bonds. The van der Waals surface area contributed by atoms with Crippen molar-refractivity contribution in [3.05, 3.63) is 35.4 Å². The maximum absolute atomic E-state index is 4.49. The van der Waals surface area contributed by atoms with Gasteiger partial charge in [-0.1, -0.05) is 29.8 Å². The molecule has 0 unspecified atom stereocenters. The van der Waals surface area contributed by atoms with E-state index in [2.05, 4.69) is 51.5 Å². The van der Waals surface area contributed by atoms with Gasteiger partial charge in [-0.15, -0.1) is 0 Å². The van der Waals surface area contributed by atoms with E-state index in [-0.39, 0.29) is 0 Å². The summed E-state index contributed by atoms with van der Waals surface area (Å²) in [7, 11) is 7.62. The normalized spacial score (nSPS) is 10.3. The second-order valence-corrected chi connectivity index (χ2v) is 5.25. The minimum atomic E-state index is 0.569. The van der Waals surface area contributed by atoms with Crippen molar-refractivity contribution in [3.8, 4) is 0 Å². The Morgan fingerprint density at radius 2 is 1.76 bits per heavy atom. The molecule has 0 aliphatic rings. The van der Waals surface area contributed by atoms with Crippen molar-refractivity contribution in [3.63, 3.8) is 0 Å². The summed E-state index contributed by atoms with van der Waals surface area (Å²) in [6.07, 6.45) is 0. The summed E-state index contributed by atoms with van der Waals surface area (Å²) in [5.41, 5.74) is 2.48. The number of nitrogens with one attached hydrogen (secondary N) is 1. The molecule has 1 N–H and O–H groups in total. The zero-order valence-electron chi connectivity index (χ0n) is 13.3. The van der Waals surface area contributed by atoms with Crippen LogP contribution in [0.3, 0.4) is 0 Å². The lowest BCUT2D eigenvalue weighted by atomic mass is 10.1. The van der Waals surface area contributed by atoms with Gasteiger partial charge in [0.2, 0.25) is 17.8 Å². The quantitative estimate of drug-likeness (QED) is 0.906. The Kier molecular flexibility index (Phi) is 4.57. The first kappa shape index (κ1) is 15.0. The molecular formula is C15H22N6. The second kappa shape index (κ2) is 6.39. The van der Waals surface area contributed by atoms with E-state index in [9.17, 15) is 0 Å². The Bertz CT molecular complexity index is 611. The van der Waals surface area contributed by atoms with Gasteiger partial charge >= 0.3 is 0 Å². The molecule has 0 fully saturated rings. The number of hydrogen-bond acceptors (Lipinski definition) is 6. The summed E-state index contributed by atoms with van der Waals surface area (Å²) in [5.74, 6) is 1.86. The third-order valence-corrected chi connectivity index (χ3v) is 3.08. The number of aryl methyl sites for hydroxylation is 1. The van der Waals surface area contributed by atoms with Crippen molar-refractivity contribution < 1.29 is 0 Å². The van der Waals surface area contributed by atoms with E-state index in [0.29, 0.717) is 17.8 Å². The first-order valence-corrected chi connectivity index (χ1v) is 6.87. The fourth-order valence-electron chi connectivity index (χ4n) is 1.99. The number of nitrogens with zero attached hydrogens (tertiary/aromatic N) is 5. The summed E-state index contributed by atoms with van der Waals surface area (Å²) in [6, 6.07) is 8.44. The Balaban J connectivity index is 2.25. The molecule has 1 aromatic heterocycles. The zero-order valence-corrected chi connectivity index (χ0v) is 13.3. The van der Waals surface area contributed by atoms with Gasteiger partial charge in [0.05, 0.1) is 0 Å². The molecule has 0 radical (unpaired) electrons. The molecule has 0 saturated carbocycles. The Labute approximate surface area is 125 Å². The summed E-state index contributed by atoms with van der Waals surface area (Å²) < 4.78 is 0. The molecule has 0 aliphatic heterocycles. The largest absolute Gasteiger partial charge is 0.357 e. The topological polar surface area (TPSA) is 57.2 Å². The van der Waals surface area contributed by atoms with Crippen LogP contribution in [-0.2, 0) is 6.54 Å². The maximum Gasteiger partial charge on any atom is 0.232 e. The molecule has 1 aromatic carbocycles. The lowest BCUT2D eigenvalue weighted by molar-refractivity contribution is 0.843. The highest BCUT2D eigenvalue weighted by Gasteiger charge is 2.11. The highest BCUT2D eigenvalue weighted by Crippen LogP contribution is 2.16. The molecule has 0 saturated heterocycles. The average molecular weight is 286 g/mol. The van der Waals surface area contributed by atoms with Gasteiger partial charge in [-0.05, 0) is 12.5 Å². The predicted molar refractivity (Wildman–Crippen MR) is 87.0 cm³/mol. The standard InChI is InChI=1S/C15H22N6/c1-11-7-6-8-12(9-11)10-21(5)15-18-13(16-2)17-14(19-15)20(3)4/h6-9H,10H2,1-5H3,(H,16,17,18,19). The van der Waals surface area contributed by atoms with Gasteiger partial charge in [0.1, 0.15) is 0 Å². The summed E-state index contributed by atoms with van der Waals surface area (Å²) in [4.78, 5) is 17.1. The van der Waals surface area contributed by atoms with Crippen molar-refractivity contribution in [1.29, 1.82) is 0 Å². The molecule has 21 heavy (non-hydrogen) atoms. The molecule has 2 aromatic rings. The third kappa shape index (κ3) is 3.81. The van der Waals surface area contributed by atoms with Crippen LogP contribution in [0, 0.1) is 6.92 Å². The van der Waals surface area contributed by atoms with Gasteiger partial charge in [-0.2, -0.15) is 15.0 Å². The van der Waals surface area contributed by atoms with E-state index in [1.54, 1.807) is 7.05 Å². The maximum atomic E-state index is 4.49. The summed E-state index contributed by atoms with van der Waals surface area (Å²) >= 11 is 0. The minimum absolute atomic E-state index is 0.569. The van der Waals surface area contributed by atoms with Crippen molar-refractivity contribution >= 4 is 17.8 Å². The fraction of sp³-hybridized carbons (Fsp3) is 0.400. The van der Waals surface area contributed by atoms with Crippen molar-refractivity contribution in [2.75, 3.05) is 43.3 Å². The Morgan fingerprint density at radius 1 is 1.05 bits per heavy atom. The van der Waals surface area contributed by atoms with Crippen LogP contribution in [0.2, 0.25) is 0 Å². The van der Waals surface area contributed by atoms with Crippen LogP contribution >= 0.6 is 0 Å². The fourth-order valence-corrected chi connectivity index (χ4v) is 1.99. The molecule has 6 nitrogen and oxygen atoms in total. The molecular weight excluding hydrogens is 264 g/mol. The SMILES string of the molecule is CNc1nc(N(C)C)nc(N(C)Cc2cccc(C)c2)n1. The van der Waals surface area contributed by atoms with E-state index < -0.39 is 0 Å². The predicted octanol–water partition coefficient (Wildman–Crippen LogP) is 1.92. The van der Waals surface area contributed by atoms with E-state index in [1.807, 2.05) is 30.9 Å². The van der Waals surface area contributed by atoms with E-state index in [0.717, 1.165) is 6.54 Å². The van der Waals surface area contributed by atoms with Crippen LogP contribution in [0.5, 0.6) is 0 Å². The van der Waals surface area contributed by atoms with Crippen LogP contribution in [0.4, 0.5) is 17.8 Å². The van der Waals surface area contributed by atoms with E-state index in [4.69, 9.17) is 0 Å². The number of benzene rings is 1. The lowest BCUT2D eigenvalue weighted by Crippen LogP contribution is -2.22. The van der Waals surface area contributed by atoms with Gasteiger partial charge < -0.3 is 15.1 Å². The highest BCUT2D eigenvalue weighted by atomic mass is 15.3. The zero-order chi connectivity index (χ0) is 15.4. The monoisotopic (exact) mass is 286 g/mol. The first-order chi connectivity index (χ1) is 9.99.